The first kappa shape index (κ1) is 23.3. The molecule has 0 bridgehead atoms. The molecular formula is C24H32N2O4S. The molecule has 3 rings (SSSR count). The number of ether oxygens (including phenoxy) is 1. The van der Waals surface area contributed by atoms with E-state index in [1.165, 1.54) is 15.4 Å². The highest BCUT2D eigenvalue weighted by atomic mass is 32.2. The molecule has 0 aromatic heterocycles. The van der Waals surface area contributed by atoms with Crippen LogP contribution in [-0.4, -0.2) is 44.4 Å². The first-order valence-electron chi connectivity index (χ1n) is 10.7. The zero-order chi connectivity index (χ0) is 22.6. The molecule has 31 heavy (non-hydrogen) atoms. The number of hydrogen-bond acceptors (Lipinski definition) is 4. The molecule has 0 radical (unpaired) electrons. The number of nitrogens with one attached hydrogen (secondary N) is 1. The van der Waals surface area contributed by atoms with Gasteiger partial charge in [-0.1, -0.05) is 23.8 Å². The monoisotopic (exact) mass is 444 g/mol. The van der Waals surface area contributed by atoms with E-state index < -0.39 is 10.0 Å². The van der Waals surface area contributed by atoms with Crippen LogP contribution in [0.5, 0.6) is 5.75 Å². The van der Waals surface area contributed by atoms with E-state index in [-0.39, 0.29) is 17.9 Å². The van der Waals surface area contributed by atoms with Crippen LogP contribution in [0.25, 0.3) is 0 Å². The number of carbonyl (C=O) groups is 1. The van der Waals surface area contributed by atoms with E-state index in [2.05, 4.69) is 12.2 Å². The van der Waals surface area contributed by atoms with Crippen molar-refractivity contribution in [3.8, 4) is 5.75 Å². The third-order valence-corrected chi connectivity index (χ3v) is 7.76. The fraction of sp³-hybridized carbons (Fsp3) is 0.458. The quantitative estimate of drug-likeness (QED) is 0.708. The molecule has 1 heterocycles. The Hall–Kier alpha value is -2.38. The molecule has 1 aliphatic heterocycles. The van der Waals surface area contributed by atoms with E-state index in [1.807, 2.05) is 39.0 Å². The lowest BCUT2D eigenvalue weighted by atomic mass is 9.97. The fourth-order valence-corrected chi connectivity index (χ4v) is 5.11. The molecule has 1 saturated heterocycles. The minimum Gasteiger partial charge on any atom is -0.491 e. The summed E-state index contributed by atoms with van der Waals surface area (Å²) >= 11 is 0. The molecular weight excluding hydrogens is 412 g/mol. The molecule has 1 atom stereocenters. The van der Waals surface area contributed by atoms with Gasteiger partial charge in [-0.15, -0.1) is 0 Å². The van der Waals surface area contributed by atoms with Gasteiger partial charge in [-0.25, -0.2) is 8.42 Å². The Balaban J connectivity index is 1.48. The summed E-state index contributed by atoms with van der Waals surface area (Å²) in [6.45, 7) is 9.01. The van der Waals surface area contributed by atoms with E-state index in [9.17, 15) is 13.2 Å². The van der Waals surface area contributed by atoms with Crippen LogP contribution in [0.1, 0.15) is 36.5 Å². The Morgan fingerprint density at radius 1 is 1.06 bits per heavy atom. The first-order chi connectivity index (χ1) is 14.7. The van der Waals surface area contributed by atoms with Crippen molar-refractivity contribution in [2.24, 2.45) is 5.92 Å². The van der Waals surface area contributed by atoms with Crippen molar-refractivity contribution in [2.75, 3.05) is 19.7 Å². The van der Waals surface area contributed by atoms with Gasteiger partial charge in [0.05, 0.1) is 10.9 Å². The summed E-state index contributed by atoms with van der Waals surface area (Å²) < 4.78 is 32.9. The summed E-state index contributed by atoms with van der Waals surface area (Å²) in [7, 11) is -3.52. The van der Waals surface area contributed by atoms with Crippen LogP contribution in [0.15, 0.2) is 47.4 Å². The molecule has 0 aliphatic carbocycles. The topological polar surface area (TPSA) is 75.7 Å². The van der Waals surface area contributed by atoms with E-state index in [1.54, 1.807) is 24.3 Å². The third-order valence-electron chi connectivity index (χ3n) is 5.85. The molecule has 1 N–H and O–H groups in total. The average molecular weight is 445 g/mol. The van der Waals surface area contributed by atoms with Crippen LogP contribution in [0.2, 0.25) is 0 Å². The SMILES string of the molecule is Cc1ccc(S(=O)(=O)N2CCC(C(=O)NC(C)COc3ccc(C)c(C)c3)CC2)cc1. The predicted molar refractivity (Wildman–Crippen MR) is 122 cm³/mol. The van der Waals surface area contributed by atoms with Crippen LogP contribution in [0, 0.1) is 26.7 Å². The molecule has 0 spiro atoms. The lowest BCUT2D eigenvalue weighted by Crippen LogP contribution is -2.45. The predicted octanol–water partition coefficient (Wildman–Crippen LogP) is 3.60. The lowest BCUT2D eigenvalue weighted by molar-refractivity contribution is -0.126. The Bertz CT molecular complexity index is 1010. The second-order valence-corrected chi connectivity index (χ2v) is 10.4. The molecule has 1 aliphatic rings. The Kier molecular flexibility index (Phi) is 7.38. The zero-order valence-electron chi connectivity index (χ0n) is 18.7. The smallest absolute Gasteiger partial charge is 0.243 e. The Labute approximate surface area is 185 Å². The van der Waals surface area contributed by atoms with Gasteiger partial charge in [0, 0.05) is 19.0 Å². The summed E-state index contributed by atoms with van der Waals surface area (Å²) in [6.07, 6.45) is 1.03. The van der Waals surface area contributed by atoms with Gasteiger partial charge < -0.3 is 10.1 Å². The van der Waals surface area contributed by atoms with Gasteiger partial charge >= 0.3 is 0 Å². The van der Waals surface area contributed by atoms with Crippen molar-refractivity contribution in [1.82, 2.24) is 9.62 Å². The molecule has 1 unspecified atom stereocenters. The largest absolute Gasteiger partial charge is 0.491 e. The van der Waals surface area contributed by atoms with E-state index in [4.69, 9.17) is 4.74 Å². The highest BCUT2D eigenvalue weighted by molar-refractivity contribution is 7.89. The Morgan fingerprint density at radius 3 is 2.32 bits per heavy atom. The van der Waals surface area contributed by atoms with Crippen LogP contribution in [-0.2, 0) is 14.8 Å². The van der Waals surface area contributed by atoms with Crippen molar-refractivity contribution in [2.45, 2.75) is 51.5 Å². The standard InChI is InChI=1S/C24H32N2O4S/c1-17-5-9-23(10-6-17)31(28,29)26-13-11-21(12-14-26)24(27)25-20(4)16-30-22-8-7-18(2)19(3)15-22/h5-10,15,20-21H,11-14,16H2,1-4H3,(H,25,27). The van der Waals surface area contributed by atoms with Crippen molar-refractivity contribution in [3.05, 3.63) is 59.2 Å². The van der Waals surface area contributed by atoms with Crippen LogP contribution in [0.4, 0.5) is 0 Å². The molecule has 6 nitrogen and oxygen atoms in total. The highest BCUT2D eigenvalue weighted by Gasteiger charge is 2.32. The molecule has 1 fully saturated rings. The molecule has 1 amide bonds. The molecule has 168 valence electrons. The van der Waals surface area contributed by atoms with Gasteiger partial charge in [-0.2, -0.15) is 4.31 Å². The first-order valence-corrected chi connectivity index (χ1v) is 12.2. The van der Waals surface area contributed by atoms with Crippen molar-refractivity contribution in [3.63, 3.8) is 0 Å². The molecule has 0 saturated carbocycles. The fourth-order valence-electron chi connectivity index (χ4n) is 3.64. The number of aryl methyl sites for hydroxylation is 3. The zero-order valence-corrected chi connectivity index (χ0v) is 19.5. The van der Waals surface area contributed by atoms with E-state index in [0.29, 0.717) is 37.4 Å². The minimum absolute atomic E-state index is 0.0384. The molecule has 2 aromatic rings. The maximum Gasteiger partial charge on any atom is 0.243 e. The number of rotatable bonds is 7. The van der Waals surface area contributed by atoms with E-state index in [0.717, 1.165) is 11.3 Å². The third kappa shape index (κ3) is 5.86. The minimum atomic E-state index is -3.52. The number of sulfonamides is 1. The van der Waals surface area contributed by atoms with Crippen LogP contribution >= 0.6 is 0 Å². The number of piperidine rings is 1. The summed E-state index contributed by atoms with van der Waals surface area (Å²) in [5.74, 6) is 0.566. The average Bonchev–Trinajstić information content (AvgIpc) is 2.75. The number of amides is 1. The van der Waals surface area contributed by atoms with Gasteiger partial charge in [0.25, 0.3) is 0 Å². The Morgan fingerprint density at radius 2 is 1.71 bits per heavy atom. The van der Waals surface area contributed by atoms with Crippen molar-refractivity contribution >= 4 is 15.9 Å². The second-order valence-electron chi connectivity index (χ2n) is 8.46. The normalized spacial score (nSPS) is 16.6. The second kappa shape index (κ2) is 9.83. The maximum atomic E-state index is 12.8. The number of benzene rings is 2. The van der Waals surface area contributed by atoms with Crippen LogP contribution < -0.4 is 10.1 Å². The van der Waals surface area contributed by atoms with Gasteiger partial charge in [-0.05, 0) is 75.9 Å². The summed E-state index contributed by atoms with van der Waals surface area (Å²) in [5, 5.41) is 3.01. The summed E-state index contributed by atoms with van der Waals surface area (Å²) in [4.78, 5) is 13.0. The molecule has 2 aromatic carbocycles. The summed E-state index contributed by atoms with van der Waals surface area (Å²) in [5.41, 5.74) is 3.40. The van der Waals surface area contributed by atoms with Gasteiger partial charge in [0.1, 0.15) is 12.4 Å². The van der Waals surface area contributed by atoms with Gasteiger partial charge in [-0.3, -0.25) is 4.79 Å². The maximum absolute atomic E-state index is 12.8. The van der Waals surface area contributed by atoms with Gasteiger partial charge in [0.15, 0.2) is 0 Å². The number of hydrogen-bond donors (Lipinski definition) is 1. The number of nitrogens with zero attached hydrogens (tertiary/aromatic N) is 1. The lowest BCUT2D eigenvalue weighted by Gasteiger charge is -2.31. The van der Waals surface area contributed by atoms with Gasteiger partial charge in [0.2, 0.25) is 15.9 Å². The molecule has 7 heteroatoms. The number of carbonyl (C=O) groups excluding carboxylic acids is 1. The summed E-state index contributed by atoms with van der Waals surface area (Å²) in [6, 6.07) is 12.7. The van der Waals surface area contributed by atoms with E-state index >= 15 is 0 Å². The highest BCUT2D eigenvalue weighted by Crippen LogP contribution is 2.24. The van der Waals surface area contributed by atoms with Crippen molar-refractivity contribution < 1.29 is 17.9 Å². The van der Waals surface area contributed by atoms with Crippen molar-refractivity contribution in [1.29, 1.82) is 0 Å². The van der Waals surface area contributed by atoms with Crippen LogP contribution in [0.3, 0.4) is 0 Å².